The molecule has 1 heterocycles. The first-order valence-electron chi connectivity index (χ1n) is 7.88. The van der Waals surface area contributed by atoms with Crippen molar-refractivity contribution in [2.45, 2.75) is 32.3 Å². The molecule has 1 aliphatic rings. The van der Waals surface area contributed by atoms with Crippen molar-refractivity contribution in [3.8, 4) is 5.75 Å². The highest BCUT2D eigenvalue weighted by atomic mass is 19.1. The van der Waals surface area contributed by atoms with Crippen molar-refractivity contribution in [3.63, 3.8) is 0 Å². The number of rotatable bonds is 6. The van der Waals surface area contributed by atoms with Crippen molar-refractivity contribution >= 4 is 12.1 Å². The lowest BCUT2D eigenvalue weighted by Crippen LogP contribution is -2.33. The fraction of sp³-hybridized carbons (Fsp3) is 0.333. The van der Waals surface area contributed by atoms with Crippen molar-refractivity contribution < 1.29 is 18.3 Å². The number of carbonyl (C=O) groups excluding carboxylic acids is 1. The van der Waals surface area contributed by atoms with Gasteiger partial charge in [-0.2, -0.15) is 5.10 Å². The molecule has 1 fully saturated rings. The molecule has 1 aromatic carbocycles. The summed E-state index contributed by atoms with van der Waals surface area (Å²) in [6.45, 7) is 3.78. The number of amides is 1. The van der Waals surface area contributed by atoms with Gasteiger partial charge in [0.2, 0.25) is 0 Å². The largest absolute Gasteiger partial charge is 0.481 e. The predicted octanol–water partition coefficient (Wildman–Crippen LogP) is 3.46. The second-order valence-corrected chi connectivity index (χ2v) is 6.01. The van der Waals surface area contributed by atoms with Gasteiger partial charge in [-0.15, -0.1) is 0 Å². The van der Waals surface area contributed by atoms with Crippen LogP contribution in [0.5, 0.6) is 5.75 Å². The molecule has 126 valence electrons. The van der Waals surface area contributed by atoms with Crippen LogP contribution < -0.4 is 10.2 Å². The van der Waals surface area contributed by atoms with Crippen LogP contribution >= 0.6 is 0 Å². The number of carbonyl (C=O) groups is 1. The Morgan fingerprint density at radius 3 is 2.75 bits per heavy atom. The maximum atomic E-state index is 12.8. The highest BCUT2D eigenvalue weighted by Crippen LogP contribution is 2.47. The van der Waals surface area contributed by atoms with E-state index in [1.807, 2.05) is 12.1 Å². The van der Waals surface area contributed by atoms with Crippen molar-refractivity contribution in [1.82, 2.24) is 5.43 Å². The van der Waals surface area contributed by atoms with Crippen LogP contribution in [0.3, 0.4) is 0 Å². The van der Waals surface area contributed by atoms with Gasteiger partial charge in [-0.3, -0.25) is 4.79 Å². The molecule has 24 heavy (non-hydrogen) atoms. The number of halogens is 1. The summed E-state index contributed by atoms with van der Waals surface area (Å²) in [5, 5.41) is 3.87. The monoisotopic (exact) mass is 330 g/mol. The van der Waals surface area contributed by atoms with Crippen LogP contribution in [-0.4, -0.2) is 18.2 Å². The van der Waals surface area contributed by atoms with E-state index in [9.17, 15) is 9.18 Å². The Hall–Kier alpha value is -2.63. The third kappa shape index (κ3) is 4.01. The molecular formula is C18H19FN2O3. The quantitative estimate of drug-likeness (QED) is 0.652. The second kappa shape index (κ2) is 6.86. The van der Waals surface area contributed by atoms with Gasteiger partial charge in [-0.25, -0.2) is 9.82 Å². The normalized spacial score (nSPS) is 20.8. The van der Waals surface area contributed by atoms with Gasteiger partial charge >= 0.3 is 0 Å². The first-order valence-corrected chi connectivity index (χ1v) is 7.88. The molecule has 2 aromatic rings. The van der Waals surface area contributed by atoms with E-state index in [1.165, 1.54) is 30.5 Å². The minimum atomic E-state index is -0.757. The summed E-state index contributed by atoms with van der Waals surface area (Å²) in [7, 11) is 0. The second-order valence-electron chi connectivity index (χ2n) is 6.01. The van der Waals surface area contributed by atoms with Gasteiger partial charge in [0.1, 0.15) is 23.1 Å². The van der Waals surface area contributed by atoms with Crippen molar-refractivity contribution in [1.29, 1.82) is 0 Å². The number of nitrogens with zero attached hydrogens (tertiary/aromatic N) is 1. The average Bonchev–Trinajstić information content (AvgIpc) is 3.10. The van der Waals surface area contributed by atoms with Gasteiger partial charge in [-0.05, 0) is 55.7 Å². The fourth-order valence-electron chi connectivity index (χ4n) is 2.38. The molecule has 0 radical (unpaired) electrons. The number of ether oxygens (including phenoxy) is 1. The zero-order valence-electron chi connectivity index (χ0n) is 13.5. The standard InChI is InChI=1S/C18H19FN2O3/c1-11-9-16(11)17-8-7-15(24-17)10-20-21-18(22)12(2)23-14-5-3-13(19)4-6-14/h3-8,10-12,16H,9H2,1-2H3,(H,21,22)/b20-10-/t11-,12+,16-/m0/s1. The first kappa shape index (κ1) is 16.2. The Morgan fingerprint density at radius 2 is 2.08 bits per heavy atom. The smallest absolute Gasteiger partial charge is 0.280 e. The average molecular weight is 330 g/mol. The Kier molecular flexibility index (Phi) is 4.64. The Morgan fingerprint density at radius 1 is 1.38 bits per heavy atom. The zero-order chi connectivity index (χ0) is 17.1. The predicted molar refractivity (Wildman–Crippen MR) is 87.5 cm³/mol. The van der Waals surface area contributed by atoms with Crippen molar-refractivity contribution in [3.05, 3.63) is 53.7 Å². The molecule has 0 unspecified atom stereocenters. The molecule has 5 nitrogen and oxygen atoms in total. The van der Waals surface area contributed by atoms with E-state index in [0.29, 0.717) is 23.3 Å². The summed E-state index contributed by atoms with van der Waals surface area (Å²) >= 11 is 0. The van der Waals surface area contributed by atoms with Crippen LogP contribution in [0.2, 0.25) is 0 Å². The fourth-order valence-corrected chi connectivity index (χ4v) is 2.38. The maximum absolute atomic E-state index is 12.8. The van der Waals surface area contributed by atoms with Gasteiger partial charge in [0.15, 0.2) is 6.10 Å². The molecule has 1 N–H and O–H groups in total. The first-order chi connectivity index (χ1) is 11.5. The number of hydrogen-bond acceptors (Lipinski definition) is 4. The third-order valence-corrected chi connectivity index (χ3v) is 3.98. The van der Waals surface area contributed by atoms with E-state index < -0.39 is 12.0 Å². The van der Waals surface area contributed by atoms with Gasteiger partial charge < -0.3 is 9.15 Å². The number of benzene rings is 1. The Labute approximate surface area is 139 Å². The molecule has 1 amide bonds. The van der Waals surface area contributed by atoms with Gasteiger partial charge in [0.25, 0.3) is 5.91 Å². The molecule has 3 atom stereocenters. The highest BCUT2D eigenvalue weighted by Gasteiger charge is 2.36. The van der Waals surface area contributed by atoms with Crippen LogP contribution in [0.1, 0.15) is 37.7 Å². The summed E-state index contributed by atoms with van der Waals surface area (Å²) in [5.41, 5.74) is 2.40. The molecule has 0 bridgehead atoms. The van der Waals surface area contributed by atoms with Crippen LogP contribution in [0, 0.1) is 11.7 Å². The third-order valence-electron chi connectivity index (χ3n) is 3.98. The molecule has 0 saturated heterocycles. The lowest BCUT2D eigenvalue weighted by atomic mass is 10.3. The maximum Gasteiger partial charge on any atom is 0.280 e. The molecule has 1 saturated carbocycles. The van der Waals surface area contributed by atoms with Crippen LogP contribution in [-0.2, 0) is 4.79 Å². The molecule has 6 heteroatoms. The Bertz CT molecular complexity index is 739. The van der Waals surface area contributed by atoms with Gasteiger partial charge in [0.05, 0.1) is 6.21 Å². The molecule has 1 aromatic heterocycles. The SMILES string of the molecule is C[C@@H](Oc1ccc(F)cc1)C(=O)N/N=C\c1ccc([C@H]2C[C@@H]2C)o1. The number of nitrogens with one attached hydrogen (secondary N) is 1. The summed E-state index contributed by atoms with van der Waals surface area (Å²) < 4.78 is 23.9. The number of hydrogen-bond donors (Lipinski definition) is 1. The zero-order valence-corrected chi connectivity index (χ0v) is 13.5. The Balaban J connectivity index is 1.49. The summed E-state index contributed by atoms with van der Waals surface area (Å²) in [5.74, 6) is 2.38. The van der Waals surface area contributed by atoms with E-state index in [4.69, 9.17) is 9.15 Å². The van der Waals surface area contributed by atoms with E-state index in [-0.39, 0.29) is 5.82 Å². The molecular weight excluding hydrogens is 311 g/mol. The highest BCUT2D eigenvalue weighted by molar-refractivity contribution is 5.83. The topological polar surface area (TPSA) is 63.8 Å². The molecule has 3 rings (SSSR count). The van der Waals surface area contributed by atoms with Crippen LogP contribution in [0.25, 0.3) is 0 Å². The molecule has 0 spiro atoms. The van der Waals surface area contributed by atoms with E-state index in [1.54, 1.807) is 6.92 Å². The summed E-state index contributed by atoms with van der Waals surface area (Å²) in [4.78, 5) is 11.9. The van der Waals surface area contributed by atoms with Crippen molar-refractivity contribution in [2.75, 3.05) is 0 Å². The van der Waals surface area contributed by atoms with Crippen LogP contribution in [0.15, 0.2) is 45.9 Å². The summed E-state index contributed by atoms with van der Waals surface area (Å²) in [6, 6.07) is 9.24. The summed E-state index contributed by atoms with van der Waals surface area (Å²) in [6.07, 6.45) is 1.85. The van der Waals surface area contributed by atoms with E-state index in [2.05, 4.69) is 17.5 Å². The van der Waals surface area contributed by atoms with Gasteiger partial charge in [0, 0.05) is 5.92 Å². The molecule has 0 aliphatic heterocycles. The van der Waals surface area contributed by atoms with E-state index in [0.717, 1.165) is 12.2 Å². The lowest BCUT2D eigenvalue weighted by molar-refractivity contribution is -0.127. The lowest BCUT2D eigenvalue weighted by Gasteiger charge is -2.12. The van der Waals surface area contributed by atoms with Crippen LogP contribution in [0.4, 0.5) is 4.39 Å². The van der Waals surface area contributed by atoms with Crippen molar-refractivity contribution in [2.24, 2.45) is 11.0 Å². The number of hydrazone groups is 1. The number of furan rings is 1. The molecule has 1 aliphatic carbocycles. The minimum absolute atomic E-state index is 0.359. The van der Waals surface area contributed by atoms with E-state index >= 15 is 0 Å². The minimum Gasteiger partial charge on any atom is -0.481 e. The van der Waals surface area contributed by atoms with Gasteiger partial charge in [-0.1, -0.05) is 6.92 Å².